The van der Waals surface area contributed by atoms with Crippen LogP contribution in [0.25, 0.3) is 59.8 Å². The van der Waals surface area contributed by atoms with Crippen molar-refractivity contribution in [2.75, 3.05) is 0 Å². The molecule has 0 N–H and O–H groups in total. The molecule has 3 heterocycles. The van der Waals surface area contributed by atoms with Gasteiger partial charge in [0.15, 0.2) is 6.20 Å². The Morgan fingerprint density at radius 3 is 2.34 bits per heavy atom. The van der Waals surface area contributed by atoms with Crippen LogP contribution in [-0.4, -0.2) is 4.40 Å². The number of hydrogen-bond acceptors (Lipinski definition) is 0. The van der Waals surface area contributed by atoms with Crippen LogP contribution >= 0.6 is 0 Å². The van der Waals surface area contributed by atoms with Gasteiger partial charge in [-0.05, 0) is 46.8 Å². The monoisotopic (exact) mass is 371 g/mol. The minimum absolute atomic E-state index is 1.28. The van der Waals surface area contributed by atoms with E-state index in [1.807, 2.05) is 0 Å². The van der Waals surface area contributed by atoms with Gasteiger partial charge in [-0.15, -0.1) is 0 Å². The Morgan fingerprint density at radius 2 is 1.48 bits per heavy atom. The van der Waals surface area contributed by atoms with Crippen LogP contribution in [0.4, 0.5) is 0 Å². The number of aromatic nitrogens is 2. The van der Waals surface area contributed by atoms with E-state index in [-0.39, 0.29) is 0 Å². The van der Waals surface area contributed by atoms with Crippen molar-refractivity contribution in [3.8, 4) is 0 Å². The van der Waals surface area contributed by atoms with Crippen molar-refractivity contribution < 1.29 is 4.57 Å². The van der Waals surface area contributed by atoms with Gasteiger partial charge >= 0.3 is 0 Å². The Bertz CT molecular complexity index is 1770. The summed E-state index contributed by atoms with van der Waals surface area (Å²) < 4.78 is 4.77. The second-order valence-electron chi connectivity index (χ2n) is 8.22. The number of fused-ring (bicyclic) bond motifs is 6. The van der Waals surface area contributed by atoms with E-state index >= 15 is 0 Å². The van der Waals surface area contributed by atoms with Crippen LogP contribution < -0.4 is 4.57 Å². The average Bonchev–Trinajstić information content (AvgIpc) is 3.06. The molecule has 0 unspecified atom stereocenters. The van der Waals surface area contributed by atoms with Gasteiger partial charge in [0.25, 0.3) is 0 Å². The lowest BCUT2D eigenvalue weighted by molar-refractivity contribution is -0.644. The first kappa shape index (κ1) is 15.3. The fourth-order valence-electron chi connectivity index (χ4n) is 5.33. The SMILES string of the molecule is Cc1ccc2cccc3c2c1c1c2c(cc[n+]1C)c1cc4ccccc4cc1n32. The molecule has 29 heavy (non-hydrogen) atoms. The normalized spacial score (nSPS) is 12.5. The quantitative estimate of drug-likeness (QED) is 0.169. The largest absolute Gasteiger partial charge is 0.303 e. The number of pyridine rings is 2. The average molecular weight is 371 g/mol. The molecule has 0 fully saturated rings. The molecular weight excluding hydrogens is 352 g/mol. The highest BCUT2D eigenvalue weighted by molar-refractivity contribution is 6.26. The van der Waals surface area contributed by atoms with Crippen LogP contribution in [0.15, 0.2) is 79.0 Å². The van der Waals surface area contributed by atoms with Gasteiger partial charge in [0.1, 0.15) is 12.6 Å². The second kappa shape index (κ2) is 5.03. The molecule has 3 aromatic heterocycles. The highest BCUT2D eigenvalue weighted by atomic mass is 15.0. The summed E-state index contributed by atoms with van der Waals surface area (Å²) in [6.07, 6.45) is 2.21. The van der Waals surface area contributed by atoms with Crippen molar-refractivity contribution in [3.05, 3.63) is 84.6 Å². The molecule has 136 valence electrons. The molecule has 7 aromatic rings. The molecule has 0 aliphatic rings. The maximum atomic E-state index is 2.49. The molecule has 0 aliphatic heterocycles. The first-order chi connectivity index (χ1) is 14.2. The van der Waals surface area contributed by atoms with E-state index < -0.39 is 0 Å². The number of nitrogens with zero attached hydrogens (tertiary/aromatic N) is 2. The molecule has 7 rings (SSSR count). The van der Waals surface area contributed by atoms with Gasteiger partial charge < -0.3 is 4.40 Å². The van der Waals surface area contributed by atoms with Crippen molar-refractivity contribution in [3.63, 3.8) is 0 Å². The maximum Gasteiger partial charge on any atom is 0.238 e. The molecule has 2 nitrogen and oxygen atoms in total. The van der Waals surface area contributed by atoms with Crippen molar-refractivity contribution in [1.82, 2.24) is 4.40 Å². The summed E-state index contributed by atoms with van der Waals surface area (Å²) in [7, 11) is 2.17. The number of rotatable bonds is 0. The fraction of sp³-hybridized carbons (Fsp3) is 0.0741. The van der Waals surface area contributed by atoms with Crippen molar-refractivity contribution in [2.45, 2.75) is 6.92 Å². The molecule has 0 atom stereocenters. The molecule has 0 saturated heterocycles. The molecular formula is C27H19N2+. The summed E-state index contributed by atoms with van der Waals surface area (Å²) in [4.78, 5) is 0. The van der Waals surface area contributed by atoms with E-state index in [0.29, 0.717) is 0 Å². The first-order valence-corrected chi connectivity index (χ1v) is 10.1. The second-order valence-corrected chi connectivity index (χ2v) is 8.22. The zero-order chi connectivity index (χ0) is 19.3. The van der Waals surface area contributed by atoms with Crippen molar-refractivity contribution >= 4 is 59.8 Å². The molecule has 0 saturated carbocycles. The summed E-state index contributed by atoms with van der Waals surface area (Å²) >= 11 is 0. The molecule has 0 radical (unpaired) electrons. The number of hydrogen-bond donors (Lipinski definition) is 0. The molecule has 2 heteroatoms. The van der Waals surface area contributed by atoms with Gasteiger partial charge in [-0.3, -0.25) is 0 Å². The van der Waals surface area contributed by atoms with Gasteiger partial charge in [0.2, 0.25) is 5.52 Å². The lowest BCUT2D eigenvalue weighted by Crippen LogP contribution is -2.28. The van der Waals surface area contributed by atoms with Crippen LogP contribution in [-0.2, 0) is 7.05 Å². The van der Waals surface area contributed by atoms with Crippen LogP contribution in [0.1, 0.15) is 5.56 Å². The fourth-order valence-corrected chi connectivity index (χ4v) is 5.33. The summed E-state index contributed by atoms with van der Waals surface area (Å²) in [5, 5.41) is 9.24. The predicted molar refractivity (Wildman–Crippen MR) is 122 cm³/mol. The Hall–Kier alpha value is -3.65. The smallest absolute Gasteiger partial charge is 0.238 e. The maximum absolute atomic E-state index is 2.49. The lowest BCUT2D eigenvalue weighted by atomic mass is 9.98. The van der Waals surface area contributed by atoms with Gasteiger partial charge in [-0.2, -0.15) is 4.57 Å². The summed E-state index contributed by atoms with van der Waals surface area (Å²) in [6, 6.07) is 26.8. The van der Waals surface area contributed by atoms with E-state index in [0.717, 1.165) is 0 Å². The Balaban J connectivity index is 1.95. The molecule has 0 bridgehead atoms. The van der Waals surface area contributed by atoms with Gasteiger partial charge in [0, 0.05) is 22.2 Å². The number of aryl methyl sites for hydroxylation is 2. The van der Waals surface area contributed by atoms with Crippen LogP contribution in [0, 0.1) is 6.92 Å². The minimum Gasteiger partial charge on any atom is -0.303 e. The summed E-state index contributed by atoms with van der Waals surface area (Å²) in [5.74, 6) is 0. The summed E-state index contributed by atoms with van der Waals surface area (Å²) in [5.41, 5.74) is 6.52. The van der Waals surface area contributed by atoms with Crippen LogP contribution in [0.3, 0.4) is 0 Å². The van der Waals surface area contributed by atoms with Crippen LogP contribution in [0.5, 0.6) is 0 Å². The Morgan fingerprint density at radius 1 is 0.690 bits per heavy atom. The van der Waals surface area contributed by atoms with Crippen molar-refractivity contribution in [1.29, 1.82) is 0 Å². The third-order valence-electron chi connectivity index (χ3n) is 6.63. The zero-order valence-electron chi connectivity index (χ0n) is 16.4. The molecule has 0 spiro atoms. The molecule has 0 amide bonds. The first-order valence-electron chi connectivity index (χ1n) is 10.1. The minimum atomic E-state index is 1.28. The van der Waals surface area contributed by atoms with Gasteiger partial charge in [0.05, 0.1) is 16.4 Å². The van der Waals surface area contributed by atoms with E-state index in [4.69, 9.17) is 0 Å². The molecule has 0 aliphatic carbocycles. The molecule has 4 aromatic carbocycles. The lowest BCUT2D eigenvalue weighted by Gasteiger charge is -2.13. The third-order valence-corrected chi connectivity index (χ3v) is 6.63. The number of benzene rings is 4. The highest BCUT2D eigenvalue weighted by Gasteiger charge is 2.24. The zero-order valence-corrected chi connectivity index (χ0v) is 16.4. The van der Waals surface area contributed by atoms with Crippen molar-refractivity contribution in [2.24, 2.45) is 7.05 Å². The van der Waals surface area contributed by atoms with Crippen LogP contribution in [0.2, 0.25) is 0 Å². The topological polar surface area (TPSA) is 8.29 Å². The van der Waals surface area contributed by atoms with E-state index in [1.54, 1.807) is 0 Å². The highest BCUT2D eigenvalue weighted by Crippen LogP contribution is 2.40. The van der Waals surface area contributed by atoms with E-state index in [1.165, 1.54) is 65.3 Å². The summed E-state index contributed by atoms with van der Waals surface area (Å²) in [6.45, 7) is 2.23. The third kappa shape index (κ3) is 1.75. The Kier molecular flexibility index (Phi) is 2.66. The van der Waals surface area contributed by atoms with E-state index in [9.17, 15) is 0 Å². The standard InChI is InChI=1S/C27H19N2/c1-16-10-11-17-8-5-9-22-25(17)24(16)27-26-20(12-13-28(27)2)21-14-18-6-3-4-7-19(18)15-23(21)29(22)26/h3-15H,1-2H3/q+1. The van der Waals surface area contributed by atoms with Gasteiger partial charge in [-0.1, -0.05) is 48.5 Å². The Labute approximate surface area is 167 Å². The van der Waals surface area contributed by atoms with E-state index in [2.05, 4.69) is 102 Å². The predicted octanol–water partition coefficient (Wildman–Crippen LogP) is 6.28. The van der Waals surface area contributed by atoms with Gasteiger partial charge in [-0.25, -0.2) is 0 Å².